The van der Waals surface area contributed by atoms with Gasteiger partial charge in [-0.15, -0.1) is 11.3 Å². The fourth-order valence-electron chi connectivity index (χ4n) is 1.85. The highest BCUT2D eigenvalue weighted by Crippen LogP contribution is 2.29. The molecule has 0 radical (unpaired) electrons. The highest BCUT2D eigenvalue weighted by Gasteiger charge is 2.30. The molecule has 17 heavy (non-hydrogen) atoms. The van der Waals surface area contributed by atoms with E-state index in [9.17, 15) is 4.79 Å². The zero-order valence-electron chi connectivity index (χ0n) is 9.00. The molecule has 3 rings (SSSR count). The molecule has 1 aliphatic rings. The van der Waals surface area contributed by atoms with Crippen LogP contribution in [0.5, 0.6) is 0 Å². The lowest BCUT2D eigenvalue weighted by molar-refractivity contribution is -0.117. The number of nitrogens with two attached hydrogens (primary N) is 1. The Morgan fingerprint density at radius 1 is 1.59 bits per heavy atom. The van der Waals surface area contributed by atoms with Crippen LogP contribution in [-0.2, 0) is 4.79 Å². The van der Waals surface area contributed by atoms with E-state index in [0.717, 1.165) is 5.69 Å². The van der Waals surface area contributed by atoms with Crippen LogP contribution in [0.2, 0.25) is 0 Å². The number of thiazole rings is 1. The molecule has 1 aliphatic heterocycles. The van der Waals surface area contributed by atoms with Crippen molar-refractivity contribution < 1.29 is 9.21 Å². The highest BCUT2D eigenvalue weighted by atomic mass is 32.1. The standard InChI is InChI=1S/C11H11N3O2S/c12-7-4-10(15)14(5-7)11-13-8(6-17-11)9-2-1-3-16-9/h1-3,6-7H,4-5,12H2. The number of carbonyl (C=O) groups is 1. The number of aromatic nitrogens is 1. The average Bonchev–Trinajstić information content (AvgIpc) is 2.97. The van der Waals surface area contributed by atoms with Crippen LogP contribution in [0.15, 0.2) is 28.2 Å². The van der Waals surface area contributed by atoms with Crippen LogP contribution in [0.1, 0.15) is 6.42 Å². The number of carbonyl (C=O) groups excluding carboxylic acids is 1. The van der Waals surface area contributed by atoms with Gasteiger partial charge in [0.2, 0.25) is 5.91 Å². The fourth-order valence-corrected chi connectivity index (χ4v) is 2.69. The summed E-state index contributed by atoms with van der Waals surface area (Å²) < 4.78 is 5.26. The van der Waals surface area contributed by atoms with Gasteiger partial charge < -0.3 is 10.2 Å². The quantitative estimate of drug-likeness (QED) is 0.874. The molecule has 2 aromatic rings. The smallest absolute Gasteiger partial charge is 0.230 e. The topological polar surface area (TPSA) is 72.4 Å². The Balaban J connectivity index is 1.88. The number of nitrogens with zero attached hydrogens (tertiary/aromatic N) is 2. The largest absolute Gasteiger partial charge is 0.463 e. The van der Waals surface area contributed by atoms with E-state index < -0.39 is 0 Å². The van der Waals surface area contributed by atoms with Crippen LogP contribution in [0.3, 0.4) is 0 Å². The number of furan rings is 1. The molecule has 0 aromatic carbocycles. The summed E-state index contributed by atoms with van der Waals surface area (Å²) in [7, 11) is 0. The Morgan fingerprint density at radius 3 is 3.12 bits per heavy atom. The van der Waals surface area contributed by atoms with Gasteiger partial charge in [0.15, 0.2) is 10.9 Å². The van der Waals surface area contributed by atoms with Crippen molar-refractivity contribution in [3.8, 4) is 11.5 Å². The molecule has 6 heteroatoms. The molecular formula is C11H11N3O2S. The minimum Gasteiger partial charge on any atom is -0.463 e. The van der Waals surface area contributed by atoms with Crippen molar-refractivity contribution in [1.29, 1.82) is 0 Å². The molecule has 1 unspecified atom stereocenters. The summed E-state index contributed by atoms with van der Waals surface area (Å²) in [5.74, 6) is 0.751. The van der Waals surface area contributed by atoms with Crippen molar-refractivity contribution in [2.24, 2.45) is 5.73 Å². The Kier molecular flexibility index (Phi) is 2.45. The fraction of sp³-hybridized carbons (Fsp3) is 0.273. The van der Waals surface area contributed by atoms with Gasteiger partial charge in [0.1, 0.15) is 5.69 Å². The molecule has 0 bridgehead atoms. The van der Waals surface area contributed by atoms with E-state index in [1.807, 2.05) is 17.5 Å². The number of amides is 1. The van der Waals surface area contributed by atoms with Crippen LogP contribution >= 0.6 is 11.3 Å². The molecule has 3 heterocycles. The van der Waals surface area contributed by atoms with E-state index in [1.54, 1.807) is 11.2 Å². The first-order valence-corrected chi connectivity index (χ1v) is 6.17. The molecule has 0 saturated carbocycles. The van der Waals surface area contributed by atoms with Gasteiger partial charge in [-0.3, -0.25) is 9.69 Å². The molecule has 88 valence electrons. The second kappa shape index (κ2) is 3.97. The number of anilines is 1. The first kappa shape index (κ1) is 10.5. The summed E-state index contributed by atoms with van der Waals surface area (Å²) >= 11 is 1.43. The molecule has 1 saturated heterocycles. The third-order valence-electron chi connectivity index (χ3n) is 2.65. The normalized spacial score (nSPS) is 20.2. The number of hydrogen-bond donors (Lipinski definition) is 1. The average molecular weight is 249 g/mol. The van der Waals surface area contributed by atoms with Gasteiger partial charge in [-0.1, -0.05) is 0 Å². The summed E-state index contributed by atoms with van der Waals surface area (Å²) in [6.07, 6.45) is 2.00. The predicted octanol–water partition coefficient (Wildman–Crippen LogP) is 1.47. The maximum atomic E-state index is 11.7. The number of hydrogen-bond acceptors (Lipinski definition) is 5. The number of rotatable bonds is 2. The maximum Gasteiger partial charge on any atom is 0.230 e. The van der Waals surface area contributed by atoms with Crippen LogP contribution < -0.4 is 10.6 Å². The van der Waals surface area contributed by atoms with Gasteiger partial charge in [-0.25, -0.2) is 4.98 Å². The van der Waals surface area contributed by atoms with E-state index in [-0.39, 0.29) is 11.9 Å². The predicted molar refractivity (Wildman–Crippen MR) is 64.8 cm³/mol. The lowest BCUT2D eigenvalue weighted by Gasteiger charge is -2.10. The highest BCUT2D eigenvalue weighted by molar-refractivity contribution is 7.14. The minimum atomic E-state index is -0.0848. The molecule has 1 fully saturated rings. The van der Waals surface area contributed by atoms with Gasteiger partial charge in [0.25, 0.3) is 0 Å². The molecule has 5 nitrogen and oxygen atoms in total. The van der Waals surface area contributed by atoms with Gasteiger partial charge in [0, 0.05) is 24.4 Å². The second-order valence-electron chi connectivity index (χ2n) is 3.96. The first-order chi connectivity index (χ1) is 8.24. The second-order valence-corrected chi connectivity index (χ2v) is 4.80. The minimum absolute atomic E-state index is 0.0397. The Hall–Kier alpha value is -1.66. The zero-order chi connectivity index (χ0) is 11.8. The summed E-state index contributed by atoms with van der Waals surface area (Å²) in [6, 6.07) is 3.57. The third kappa shape index (κ3) is 1.85. The van der Waals surface area contributed by atoms with E-state index >= 15 is 0 Å². The van der Waals surface area contributed by atoms with Crippen LogP contribution in [-0.4, -0.2) is 23.5 Å². The van der Waals surface area contributed by atoms with Gasteiger partial charge in [0.05, 0.1) is 6.26 Å². The van der Waals surface area contributed by atoms with Crippen LogP contribution in [0.25, 0.3) is 11.5 Å². The van der Waals surface area contributed by atoms with E-state index in [4.69, 9.17) is 10.2 Å². The van der Waals surface area contributed by atoms with E-state index in [2.05, 4.69) is 4.98 Å². The van der Waals surface area contributed by atoms with Crippen molar-refractivity contribution in [3.63, 3.8) is 0 Å². The van der Waals surface area contributed by atoms with Crippen molar-refractivity contribution in [2.75, 3.05) is 11.4 Å². The summed E-state index contributed by atoms with van der Waals surface area (Å²) in [5.41, 5.74) is 6.50. The van der Waals surface area contributed by atoms with Gasteiger partial charge in [-0.2, -0.15) is 0 Å². The monoisotopic (exact) mass is 249 g/mol. The van der Waals surface area contributed by atoms with E-state index in [0.29, 0.717) is 23.9 Å². The Labute approximate surface area is 102 Å². The first-order valence-electron chi connectivity index (χ1n) is 5.29. The lowest BCUT2D eigenvalue weighted by atomic mass is 10.3. The lowest BCUT2D eigenvalue weighted by Crippen LogP contribution is -2.27. The zero-order valence-corrected chi connectivity index (χ0v) is 9.81. The van der Waals surface area contributed by atoms with Crippen molar-refractivity contribution in [2.45, 2.75) is 12.5 Å². The van der Waals surface area contributed by atoms with Crippen molar-refractivity contribution in [1.82, 2.24) is 4.98 Å². The summed E-state index contributed by atoms with van der Waals surface area (Å²) in [6.45, 7) is 0.546. The summed E-state index contributed by atoms with van der Waals surface area (Å²) in [5, 5.41) is 2.57. The SMILES string of the molecule is NC1CC(=O)N(c2nc(-c3ccco3)cs2)C1. The van der Waals surface area contributed by atoms with Gasteiger partial charge >= 0.3 is 0 Å². The molecule has 0 spiro atoms. The van der Waals surface area contributed by atoms with Crippen molar-refractivity contribution in [3.05, 3.63) is 23.8 Å². The molecule has 1 amide bonds. The molecule has 1 atom stereocenters. The third-order valence-corrected chi connectivity index (χ3v) is 3.52. The maximum absolute atomic E-state index is 11.7. The molecule has 0 aliphatic carbocycles. The molecule has 2 aromatic heterocycles. The Morgan fingerprint density at radius 2 is 2.47 bits per heavy atom. The Bertz CT molecular complexity index is 535. The van der Waals surface area contributed by atoms with Crippen LogP contribution in [0, 0.1) is 0 Å². The van der Waals surface area contributed by atoms with Crippen molar-refractivity contribution >= 4 is 22.4 Å². The summed E-state index contributed by atoms with van der Waals surface area (Å²) in [4.78, 5) is 17.7. The molecule has 2 N–H and O–H groups in total. The van der Waals surface area contributed by atoms with Gasteiger partial charge in [-0.05, 0) is 12.1 Å². The van der Waals surface area contributed by atoms with Crippen LogP contribution in [0.4, 0.5) is 5.13 Å². The van der Waals surface area contributed by atoms with E-state index in [1.165, 1.54) is 11.3 Å². The molecular weight excluding hydrogens is 238 g/mol.